The van der Waals surface area contributed by atoms with Crippen molar-refractivity contribution in [2.24, 2.45) is 0 Å². The number of pyridine rings is 1. The highest BCUT2D eigenvalue weighted by atomic mass is 16.1. The van der Waals surface area contributed by atoms with E-state index in [1.165, 1.54) is 5.56 Å². The summed E-state index contributed by atoms with van der Waals surface area (Å²) < 4.78 is 0. The van der Waals surface area contributed by atoms with Crippen LogP contribution >= 0.6 is 0 Å². The van der Waals surface area contributed by atoms with Crippen molar-refractivity contribution in [1.82, 2.24) is 4.98 Å². The van der Waals surface area contributed by atoms with Gasteiger partial charge in [0.05, 0.1) is 5.56 Å². The molecule has 126 valence electrons. The van der Waals surface area contributed by atoms with Gasteiger partial charge in [-0.05, 0) is 47.9 Å². The Balaban J connectivity index is 1.78. The van der Waals surface area contributed by atoms with E-state index in [1.807, 2.05) is 54.6 Å². The van der Waals surface area contributed by atoms with E-state index < -0.39 is 0 Å². The maximum absolute atomic E-state index is 12.7. The van der Waals surface area contributed by atoms with Crippen LogP contribution < -0.4 is 10.6 Å². The second-order valence-corrected chi connectivity index (χ2v) is 6.12. The first-order chi connectivity index (χ1) is 12.1. The first kappa shape index (κ1) is 16.7. The van der Waals surface area contributed by atoms with Crippen molar-refractivity contribution in [1.29, 1.82) is 0 Å². The van der Waals surface area contributed by atoms with Crippen LogP contribution in [0.15, 0.2) is 72.9 Å². The fourth-order valence-electron chi connectivity index (χ4n) is 2.50. The van der Waals surface area contributed by atoms with Crippen molar-refractivity contribution in [3.05, 3.63) is 84.1 Å². The maximum atomic E-state index is 12.7. The summed E-state index contributed by atoms with van der Waals surface area (Å²) in [4.78, 5) is 17.0. The van der Waals surface area contributed by atoms with Crippen LogP contribution in [0.1, 0.15) is 35.7 Å². The molecule has 3 aromatic rings. The highest BCUT2D eigenvalue weighted by molar-refractivity contribution is 6.07. The van der Waals surface area contributed by atoms with Gasteiger partial charge in [0.2, 0.25) is 0 Å². The summed E-state index contributed by atoms with van der Waals surface area (Å²) >= 11 is 0. The average molecular weight is 331 g/mol. The lowest BCUT2D eigenvalue weighted by atomic mass is 10.0. The van der Waals surface area contributed by atoms with E-state index in [-0.39, 0.29) is 5.91 Å². The van der Waals surface area contributed by atoms with Gasteiger partial charge in [0.1, 0.15) is 5.82 Å². The van der Waals surface area contributed by atoms with Gasteiger partial charge in [-0.2, -0.15) is 0 Å². The molecule has 0 saturated heterocycles. The number of anilines is 3. The molecule has 0 aliphatic heterocycles. The second-order valence-electron chi connectivity index (χ2n) is 6.12. The quantitative estimate of drug-likeness (QED) is 0.675. The van der Waals surface area contributed by atoms with Crippen LogP contribution in [0.2, 0.25) is 0 Å². The zero-order chi connectivity index (χ0) is 17.6. The number of nitrogens with zero attached hydrogens (tertiary/aromatic N) is 1. The Morgan fingerprint density at radius 3 is 2.28 bits per heavy atom. The fraction of sp³-hybridized carbons (Fsp3) is 0.143. The van der Waals surface area contributed by atoms with Crippen LogP contribution in [-0.4, -0.2) is 10.9 Å². The first-order valence-electron chi connectivity index (χ1n) is 8.32. The van der Waals surface area contributed by atoms with Crippen LogP contribution in [0.3, 0.4) is 0 Å². The fourth-order valence-corrected chi connectivity index (χ4v) is 2.50. The van der Waals surface area contributed by atoms with Gasteiger partial charge in [-0.25, -0.2) is 4.98 Å². The average Bonchev–Trinajstić information content (AvgIpc) is 2.63. The molecule has 4 nitrogen and oxygen atoms in total. The number of nitrogens with one attached hydrogen (secondary N) is 2. The molecule has 0 fully saturated rings. The number of carbonyl (C=O) groups excluding carboxylic acids is 1. The Hall–Kier alpha value is -3.14. The molecular weight excluding hydrogens is 310 g/mol. The molecule has 0 radical (unpaired) electrons. The number of aromatic nitrogens is 1. The molecule has 1 amide bonds. The topological polar surface area (TPSA) is 54.0 Å². The lowest BCUT2D eigenvalue weighted by Gasteiger charge is -2.12. The van der Waals surface area contributed by atoms with Crippen molar-refractivity contribution < 1.29 is 4.79 Å². The molecule has 0 bridgehead atoms. The monoisotopic (exact) mass is 331 g/mol. The normalized spacial score (nSPS) is 10.5. The van der Waals surface area contributed by atoms with Crippen molar-refractivity contribution in [2.45, 2.75) is 19.8 Å². The van der Waals surface area contributed by atoms with Crippen LogP contribution in [-0.2, 0) is 0 Å². The van der Waals surface area contributed by atoms with E-state index in [2.05, 4.69) is 29.5 Å². The summed E-state index contributed by atoms with van der Waals surface area (Å²) in [6.07, 6.45) is 1.67. The minimum atomic E-state index is -0.191. The molecule has 0 aliphatic carbocycles. The van der Waals surface area contributed by atoms with E-state index in [9.17, 15) is 4.79 Å². The molecule has 1 aromatic heterocycles. The molecule has 0 atom stereocenters. The molecule has 25 heavy (non-hydrogen) atoms. The Morgan fingerprint density at radius 1 is 0.880 bits per heavy atom. The molecule has 0 spiro atoms. The predicted molar refractivity (Wildman–Crippen MR) is 102 cm³/mol. The largest absolute Gasteiger partial charge is 0.340 e. The lowest BCUT2D eigenvalue weighted by Crippen LogP contribution is -2.14. The lowest BCUT2D eigenvalue weighted by molar-refractivity contribution is 0.102. The van der Waals surface area contributed by atoms with Gasteiger partial charge in [0.25, 0.3) is 5.91 Å². The smallest absolute Gasteiger partial charge is 0.259 e. The summed E-state index contributed by atoms with van der Waals surface area (Å²) in [5, 5.41) is 6.12. The standard InChI is InChI=1S/C21H21N3O/c1-15(2)16-10-12-18(13-11-16)24-21(25)19-9-6-14-22-20(19)23-17-7-4-3-5-8-17/h3-15H,1-2H3,(H,22,23)(H,24,25). The Bertz CT molecular complexity index is 843. The van der Waals surface area contributed by atoms with E-state index >= 15 is 0 Å². The Morgan fingerprint density at radius 2 is 1.60 bits per heavy atom. The minimum Gasteiger partial charge on any atom is -0.340 e. The number of amides is 1. The number of para-hydroxylation sites is 1. The third-order valence-electron chi connectivity index (χ3n) is 3.92. The Labute approximate surface area is 147 Å². The molecular formula is C21H21N3O. The number of hydrogen-bond acceptors (Lipinski definition) is 3. The van der Waals surface area contributed by atoms with Gasteiger partial charge in [0.15, 0.2) is 0 Å². The van der Waals surface area contributed by atoms with Gasteiger partial charge in [-0.3, -0.25) is 4.79 Å². The number of carbonyl (C=O) groups is 1. The Kier molecular flexibility index (Phi) is 5.09. The predicted octanol–water partition coefficient (Wildman–Crippen LogP) is 5.20. The maximum Gasteiger partial charge on any atom is 0.259 e. The number of hydrogen-bond donors (Lipinski definition) is 2. The summed E-state index contributed by atoms with van der Waals surface area (Å²) in [6, 6.07) is 21.1. The molecule has 0 aliphatic rings. The van der Waals surface area contributed by atoms with Gasteiger partial charge >= 0.3 is 0 Å². The van der Waals surface area contributed by atoms with Gasteiger partial charge < -0.3 is 10.6 Å². The van der Waals surface area contributed by atoms with Crippen LogP contribution in [0.25, 0.3) is 0 Å². The SMILES string of the molecule is CC(C)c1ccc(NC(=O)c2cccnc2Nc2ccccc2)cc1. The van der Waals surface area contributed by atoms with E-state index in [0.717, 1.165) is 11.4 Å². The third-order valence-corrected chi connectivity index (χ3v) is 3.92. The van der Waals surface area contributed by atoms with Crippen LogP contribution in [0.5, 0.6) is 0 Å². The molecule has 4 heteroatoms. The van der Waals surface area contributed by atoms with Gasteiger partial charge in [-0.1, -0.05) is 44.2 Å². The van der Waals surface area contributed by atoms with Gasteiger partial charge in [0, 0.05) is 17.6 Å². The van der Waals surface area contributed by atoms with Gasteiger partial charge in [-0.15, -0.1) is 0 Å². The first-order valence-corrected chi connectivity index (χ1v) is 8.32. The number of benzene rings is 2. The van der Waals surface area contributed by atoms with E-state index in [0.29, 0.717) is 17.3 Å². The van der Waals surface area contributed by atoms with E-state index in [4.69, 9.17) is 0 Å². The summed E-state index contributed by atoms with van der Waals surface area (Å²) in [5.41, 5.74) is 3.39. The van der Waals surface area contributed by atoms with Crippen LogP contribution in [0.4, 0.5) is 17.2 Å². The molecule has 0 saturated carbocycles. The highest BCUT2D eigenvalue weighted by Crippen LogP contribution is 2.21. The molecule has 1 heterocycles. The third kappa shape index (κ3) is 4.23. The van der Waals surface area contributed by atoms with Crippen molar-refractivity contribution in [3.8, 4) is 0 Å². The molecule has 3 rings (SSSR count). The van der Waals surface area contributed by atoms with Crippen molar-refractivity contribution in [3.63, 3.8) is 0 Å². The zero-order valence-electron chi connectivity index (χ0n) is 14.4. The highest BCUT2D eigenvalue weighted by Gasteiger charge is 2.13. The summed E-state index contributed by atoms with van der Waals surface area (Å²) in [7, 11) is 0. The van der Waals surface area contributed by atoms with E-state index in [1.54, 1.807) is 18.3 Å². The summed E-state index contributed by atoms with van der Waals surface area (Å²) in [5.74, 6) is 0.804. The zero-order valence-corrected chi connectivity index (χ0v) is 14.4. The number of rotatable bonds is 5. The molecule has 0 unspecified atom stereocenters. The molecule has 2 aromatic carbocycles. The minimum absolute atomic E-state index is 0.191. The molecule has 2 N–H and O–H groups in total. The summed E-state index contributed by atoms with van der Waals surface area (Å²) in [6.45, 7) is 4.29. The second kappa shape index (κ2) is 7.62. The van der Waals surface area contributed by atoms with Crippen LogP contribution in [0, 0.1) is 0 Å². The van der Waals surface area contributed by atoms with Crippen molar-refractivity contribution >= 4 is 23.1 Å². The van der Waals surface area contributed by atoms with Crippen molar-refractivity contribution in [2.75, 3.05) is 10.6 Å².